The van der Waals surface area contributed by atoms with E-state index < -0.39 is 0 Å². The van der Waals surface area contributed by atoms with E-state index in [1.165, 1.54) is 11.6 Å². The Morgan fingerprint density at radius 2 is 1.73 bits per heavy atom. The van der Waals surface area contributed by atoms with Gasteiger partial charge in [0.05, 0.1) is 7.11 Å². The second-order valence-electron chi connectivity index (χ2n) is 7.27. The van der Waals surface area contributed by atoms with Crippen molar-refractivity contribution in [3.63, 3.8) is 0 Å². The molecule has 1 N–H and O–H groups in total. The average Bonchev–Trinajstić information content (AvgIpc) is 2.74. The van der Waals surface area contributed by atoms with Crippen molar-refractivity contribution in [1.82, 2.24) is 0 Å². The summed E-state index contributed by atoms with van der Waals surface area (Å²) in [5, 5.41) is 2.91. The van der Waals surface area contributed by atoms with Crippen LogP contribution in [-0.2, 0) is 11.4 Å². The third-order valence-corrected chi connectivity index (χ3v) is 4.90. The fourth-order valence-corrected chi connectivity index (χ4v) is 3.13. The van der Waals surface area contributed by atoms with Crippen LogP contribution in [0.2, 0.25) is 0 Å². The van der Waals surface area contributed by atoms with E-state index in [0.29, 0.717) is 18.1 Å². The molecule has 0 bridgehead atoms. The molecule has 0 unspecified atom stereocenters. The Kier molecular flexibility index (Phi) is 6.91. The summed E-state index contributed by atoms with van der Waals surface area (Å²) in [6.45, 7) is 6.54. The zero-order chi connectivity index (χ0) is 21.5. The molecule has 0 heterocycles. The predicted molar refractivity (Wildman–Crippen MR) is 122 cm³/mol. The van der Waals surface area contributed by atoms with Gasteiger partial charge in [-0.1, -0.05) is 48.0 Å². The van der Waals surface area contributed by atoms with E-state index in [0.717, 1.165) is 27.9 Å². The van der Waals surface area contributed by atoms with Crippen molar-refractivity contribution in [2.24, 2.45) is 0 Å². The lowest BCUT2D eigenvalue weighted by Crippen LogP contribution is -2.08. The Labute approximate surface area is 178 Å². The Morgan fingerprint density at radius 1 is 0.933 bits per heavy atom. The third-order valence-electron chi connectivity index (χ3n) is 4.90. The number of hydrogen-bond donors (Lipinski definition) is 1. The standard InChI is InChI=1S/C26H27NO3/c1-18-9-12-23(20(3)15-18)27-26(28)14-11-21-10-13-24(25(16-21)29-4)30-17-22-8-6-5-7-19(22)2/h5-16H,17H2,1-4H3,(H,27,28)/b14-11+. The summed E-state index contributed by atoms with van der Waals surface area (Å²) in [6.07, 6.45) is 3.27. The number of aryl methyl sites for hydroxylation is 3. The highest BCUT2D eigenvalue weighted by molar-refractivity contribution is 6.02. The number of ether oxygens (including phenoxy) is 2. The summed E-state index contributed by atoms with van der Waals surface area (Å²) in [5.74, 6) is 1.11. The number of nitrogens with one attached hydrogen (secondary N) is 1. The molecule has 0 aromatic heterocycles. The fraction of sp³-hybridized carbons (Fsp3) is 0.192. The van der Waals surface area contributed by atoms with Crippen LogP contribution in [0.4, 0.5) is 5.69 Å². The highest BCUT2D eigenvalue weighted by atomic mass is 16.5. The lowest BCUT2D eigenvalue weighted by molar-refractivity contribution is -0.111. The Bertz CT molecular complexity index is 1070. The monoisotopic (exact) mass is 401 g/mol. The van der Waals surface area contributed by atoms with Crippen molar-refractivity contribution < 1.29 is 14.3 Å². The number of methoxy groups -OCH3 is 1. The van der Waals surface area contributed by atoms with Crippen molar-refractivity contribution in [3.05, 3.63) is 94.6 Å². The Hall–Kier alpha value is -3.53. The van der Waals surface area contributed by atoms with Crippen LogP contribution < -0.4 is 14.8 Å². The lowest BCUT2D eigenvalue weighted by Gasteiger charge is -2.12. The van der Waals surface area contributed by atoms with Crippen LogP contribution in [0, 0.1) is 20.8 Å². The first-order valence-corrected chi connectivity index (χ1v) is 9.88. The molecule has 0 aliphatic heterocycles. The largest absolute Gasteiger partial charge is 0.493 e. The van der Waals surface area contributed by atoms with Gasteiger partial charge in [0.15, 0.2) is 11.5 Å². The second-order valence-corrected chi connectivity index (χ2v) is 7.27. The molecule has 154 valence electrons. The normalized spacial score (nSPS) is 10.8. The van der Waals surface area contributed by atoms with Crippen LogP contribution in [0.5, 0.6) is 11.5 Å². The molecule has 30 heavy (non-hydrogen) atoms. The molecule has 0 radical (unpaired) electrons. The molecule has 0 spiro atoms. The first-order valence-electron chi connectivity index (χ1n) is 9.88. The highest BCUT2D eigenvalue weighted by Crippen LogP contribution is 2.29. The van der Waals surface area contributed by atoms with E-state index in [4.69, 9.17) is 9.47 Å². The van der Waals surface area contributed by atoms with Gasteiger partial charge in [-0.2, -0.15) is 0 Å². The number of carbonyl (C=O) groups is 1. The average molecular weight is 402 g/mol. The molecule has 1 amide bonds. The van der Waals surface area contributed by atoms with E-state index in [1.54, 1.807) is 13.2 Å². The lowest BCUT2D eigenvalue weighted by atomic mass is 10.1. The van der Waals surface area contributed by atoms with Gasteiger partial charge in [0.1, 0.15) is 6.61 Å². The van der Waals surface area contributed by atoms with Crippen LogP contribution in [0.25, 0.3) is 6.08 Å². The van der Waals surface area contributed by atoms with Crippen LogP contribution in [-0.4, -0.2) is 13.0 Å². The molecule has 0 saturated heterocycles. The quantitative estimate of drug-likeness (QED) is 0.505. The molecule has 3 rings (SSSR count). The minimum absolute atomic E-state index is 0.180. The number of hydrogen-bond acceptors (Lipinski definition) is 3. The number of carbonyl (C=O) groups excluding carboxylic acids is 1. The van der Waals surface area contributed by atoms with Gasteiger partial charge < -0.3 is 14.8 Å². The van der Waals surface area contributed by atoms with Gasteiger partial charge in [0, 0.05) is 11.8 Å². The molecule has 0 atom stereocenters. The van der Waals surface area contributed by atoms with Crippen LogP contribution in [0.3, 0.4) is 0 Å². The molecule has 4 heteroatoms. The fourth-order valence-electron chi connectivity index (χ4n) is 3.13. The van der Waals surface area contributed by atoms with Gasteiger partial charge in [0.2, 0.25) is 5.91 Å². The van der Waals surface area contributed by atoms with Gasteiger partial charge in [-0.15, -0.1) is 0 Å². The second kappa shape index (κ2) is 9.79. The molecule has 3 aromatic rings. The van der Waals surface area contributed by atoms with Crippen molar-refractivity contribution in [1.29, 1.82) is 0 Å². The summed E-state index contributed by atoms with van der Waals surface area (Å²) in [6, 6.07) is 19.7. The number of amides is 1. The number of benzene rings is 3. The van der Waals surface area contributed by atoms with Crippen molar-refractivity contribution in [2.75, 3.05) is 12.4 Å². The van der Waals surface area contributed by atoms with Crippen molar-refractivity contribution >= 4 is 17.7 Å². The number of anilines is 1. The highest BCUT2D eigenvalue weighted by Gasteiger charge is 2.07. The van der Waals surface area contributed by atoms with E-state index in [9.17, 15) is 4.79 Å². The molecule has 0 aliphatic rings. The van der Waals surface area contributed by atoms with Gasteiger partial charge in [0.25, 0.3) is 0 Å². The maximum atomic E-state index is 12.3. The summed E-state index contributed by atoms with van der Waals surface area (Å²) >= 11 is 0. The summed E-state index contributed by atoms with van der Waals surface area (Å²) in [7, 11) is 1.61. The van der Waals surface area contributed by atoms with Gasteiger partial charge in [-0.25, -0.2) is 0 Å². The maximum Gasteiger partial charge on any atom is 0.248 e. The maximum absolute atomic E-state index is 12.3. The summed E-state index contributed by atoms with van der Waals surface area (Å²) in [4.78, 5) is 12.3. The minimum Gasteiger partial charge on any atom is -0.493 e. The van der Waals surface area contributed by atoms with Crippen LogP contribution in [0.1, 0.15) is 27.8 Å². The molecular formula is C26H27NO3. The zero-order valence-electron chi connectivity index (χ0n) is 17.9. The molecule has 4 nitrogen and oxygen atoms in total. The van der Waals surface area contributed by atoms with E-state index in [1.807, 2.05) is 68.4 Å². The molecular weight excluding hydrogens is 374 g/mol. The van der Waals surface area contributed by atoms with Crippen molar-refractivity contribution in [3.8, 4) is 11.5 Å². The van der Waals surface area contributed by atoms with Crippen LogP contribution >= 0.6 is 0 Å². The minimum atomic E-state index is -0.180. The smallest absolute Gasteiger partial charge is 0.248 e. The predicted octanol–water partition coefficient (Wildman–Crippen LogP) is 5.85. The third kappa shape index (κ3) is 5.51. The van der Waals surface area contributed by atoms with E-state index in [2.05, 4.69) is 18.3 Å². The van der Waals surface area contributed by atoms with Crippen LogP contribution in [0.15, 0.2) is 66.7 Å². The first kappa shape index (κ1) is 21.2. The summed E-state index contributed by atoms with van der Waals surface area (Å²) in [5.41, 5.74) is 6.18. The van der Waals surface area contributed by atoms with Gasteiger partial charge in [-0.05, 0) is 67.3 Å². The number of rotatable bonds is 7. The molecule has 3 aromatic carbocycles. The van der Waals surface area contributed by atoms with Gasteiger partial charge in [-0.3, -0.25) is 4.79 Å². The van der Waals surface area contributed by atoms with E-state index in [-0.39, 0.29) is 5.91 Å². The molecule has 0 fully saturated rings. The molecule has 0 aliphatic carbocycles. The SMILES string of the molecule is COc1cc(/C=C/C(=O)Nc2ccc(C)cc2C)ccc1OCc1ccccc1C. The zero-order valence-corrected chi connectivity index (χ0v) is 17.9. The summed E-state index contributed by atoms with van der Waals surface area (Å²) < 4.78 is 11.4. The molecule has 0 saturated carbocycles. The first-order chi connectivity index (χ1) is 14.5. The Morgan fingerprint density at radius 3 is 2.47 bits per heavy atom. The van der Waals surface area contributed by atoms with Crippen molar-refractivity contribution in [2.45, 2.75) is 27.4 Å². The Balaban J connectivity index is 1.66. The van der Waals surface area contributed by atoms with E-state index >= 15 is 0 Å². The topological polar surface area (TPSA) is 47.6 Å². The van der Waals surface area contributed by atoms with Gasteiger partial charge >= 0.3 is 0 Å².